The molecule has 0 spiro atoms. The monoisotopic (exact) mass is 268 g/mol. The molecule has 1 atom stereocenters. The summed E-state index contributed by atoms with van der Waals surface area (Å²) in [5.41, 5.74) is 0. The third-order valence-electron chi connectivity index (χ3n) is 2.52. The molecule has 0 bridgehead atoms. The molecule has 0 saturated carbocycles. The molecule has 18 heavy (non-hydrogen) atoms. The Labute approximate surface area is 111 Å². The van der Waals surface area contributed by atoms with Gasteiger partial charge < -0.3 is 4.74 Å². The topological polar surface area (TPSA) is 43.4 Å². The van der Waals surface area contributed by atoms with Crippen LogP contribution in [0, 0.1) is 0 Å². The van der Waals surface area contributed by atoms with Gasteiger partial charge in [-0.05, 0) is 31.9 Å². The highest BCUT2D eigenvalue weighted by atomic mass is 32.2. The van der Waals surface area contributed by atoms with Crippen LogP contribution in [0.5, 0.6) is 0 Å². The minimum Gasteiger partial charge on any atom is -0.466 e. The SMILES string of the molecule is CCOC(=O)CCCCCS(=O)c1ccccc1. The Balaban J connectivity index is 2.11. The fraction of sp³-hybridized carbons (Fsp3) is 0.500. The molecule has 0 aliphatic heterocycles. The van der Waals surface area contributed by atoms with Crippen LogP contribution in [0.15, 0.2) is 35.2 Å². The Hall–Kier alpha value is -1.16. The summed E-state index contributed by atoms with van der Waals surface area (Å²) in [6.45, 7) is 2.25. The summed E-state index contributed by atoms with van der Waals surface area (Å²) in [5, 5.41) is 0. The number of carbonyl (C=O) groups excluding carboxylic acids is 1. The van der Waals surface area contributed by atoms with Crippen LogP contribution in [-0.2, 0) is 20.3 Å². The van der Waals surface area contributed by atoms with Crippen molar-refractivity contribution in [1.82, 2.24) is 0 Å². The van der Waals surface area contributed by atoms with Crippen molar-refractivity contribution in [3.63, 3.8) is 0 Å². The first kappa shape index (κ1) is 14.9. The number of rotatable bonds is 8. The second kappa shape index (κ2) is 8.86. The molecule has 0 heterocycles. The van der Waals surface area contributed by atoms with Crippen molar-refractivity contribution < 1.29 is 13.7 Å². The zero-order valence-corrected chi connectivity index (χ0v) is 11.6. The van der Waals surface area contributed by atoms with Crippen LogP contribution >= 0.6 is 0 Å². The van der Waals surface area contributed by atoms with E-state index in [9.17, 15) is 9.00 Å². The summed E-state index contributed by atoms with van der Waals surface area (Å²) in [6.07, 6.45) is 3.06. The highest BCUT2D eigenvalue weighted by Crippen LogP contribution is 2.09. The highest BCUT2D eigenvalue weighted by molar-refractivity contribution is 7.85. The molecule has 1 unspecified atom stereocenters. The van der Waals surface area contributed by atoms with E-state index in [-0.39, 0.29) is 5.97 Å². The lowest BCUT2D eigenvalue weighted by molar-refractivity contribution is -0.143. The average molecular weight is 268 g/mol. The Bertz CT molecular complexity index is 376. The van der Waals surface area contributed by atoms with Gasteiger partial charge in [0, 0.05) is 17.1 Å². The minimum absolute atomic E-state index is 0.137. The minimum atomic E-state index is -0.917. The van der Waals surface area contributed by atoms with E-state index in [1.807, 2.05) is 30.3 Å². The van der Waals surface area contributed by atoms with Crippen molar-refractivity contribution in [2.75, 3.05) is 12.4 Å². The van der Waals surface area contributed by atoms with Gasteiger partial charge in [0.1, 0.15) is 0 Å². The standard InChI is InChI=1S/C14H20O3S/c1-2-17-14(15)11-7-4-8-12-18(16)13-9-5-3-6-10-13/h3,5-6,9-10H,2,4,7-8,11-12H2,1H3. The quantitative estimate of drug-likeness (QED) is 0.538. The lowest BCUT2D eigenvalue weighted by Gasteiger charge is -2.03. The van der Waals surface area contributed by atoms with Gasteiger partial charge in [-0.3, -0.25) is 9.00 Å². The predicted molar refractivity (Wildman–Crippen MR) is 72.8 cm³/mol. The average Bonchev–Trinajstić information content (AvgIpc) is 2.39. The third kappa shape index (κ3) is 5.96. The zero-order chi connectivity index (χ0) is 13.2. The maximum Gasteiger partial charge on any atom is 0.305 e. The van der Waals surface area contributed by atoms with Crippen molar-refractivity contribution in [2.24, 2.45) is 0 Å². The van der Waals surface area contributed by atoms with Gasteiger partial charge in [0.05, 0.1) is 17.4 Å². The van der Waals surface area contributed by atoms with Crippen molar-refractivity contribution in [2.45, 2.75) is 37.5 Å². The molecule has 1 aromatic carbocycles. The van der Waals surface area contributed by atoms with Crippen LogP contribution in [0.1, 0.15) is 32.6 Å². The van der Waals surface area contributed by atoms with E-state index in [1.165, 1.54) is 0 Å². The number of carbonyl (C=O) groups is 1. The first-order valence-electron chi connectivity index (χ1n) is 6.33. The molecule has 0 radical (unpaired) electrons. The lowest BCUT2D eigenvalue weighted by Crippen LogP contribution is -2.04. The summed E-state index contributed by atoms with van der Waals surface area (Å²) in [4.78, 5) is 12.0. The first-order chi connectivity index (χ1) is 8.74. The van der Waals surface area contributed by atoms with Gasteiger partial charge in [0.15, 0.2) is 0 Å². The molecule has 1 rings (SSSR count). The maximum atomic E-state index is 11.9. The van der Waals surface area contributed by atoms with Crippen LogP contribution in [0.25, 0.3) is 0 Å². The van der Waals surface area contributed by atoms with Gasteiger partial charge in [-0.25, -0.2) is 0 Å². The number of esters is 1. The van der Waals surface area contributed by atoms with Crippen molar-refractivity contribution >= 4 is 16.8 Å². The van der Waals surface area contributed by atoms with Gasteiger partial charge >= 0.3 is 5.97 Å². The van der Waals surface area contributed by atoms with Crippen molar-refractivity contribution in [1.29, 1.82) is 0 Å². The molecule has 0 aliphatic carbocycles. The number of benzene rings is 1. The maximum absolute atomic E-state index is 11.9. The normalized spacial score (nSPS) is 12.1. The molecule has 0 saturated heterocycles. The number of unbranched alkanes of at least 4 members (excludes halogenated alkanes) is 2. The number of hydrogen-bond donors (Lipinski definition) is 0. The molecular formula is C14H20O3S. The van der Waals surface area contributed by atoms with Crippen molar-refractivity contribution in [3.05, 3.63) is 30.3 Å². The molecule has 1 aromatic rings. The Kier molecular flexibility index (Phi) is 7.34. The van der Waals surface area contributed by atoms with E-state index >= 15 is 0 Å². The van der Waals surface area contributed by atoms with Crippen LogP contribution in [0.3, 0.4) is 0 Å². The molecular weight excluding hydrogens is 248 g/mol. The van der Waals surface area contributed by atoms with Crippen LogP contribution in [-0.4, -0.2) is 22.5 Å². The van der Waals surface area contributed by atoms with Gasteiger partial charge in [-0.2, -0.15) is 0 Å². The molecule has 4 heteroatoms. The summed E-state index contributed by atoms with van der Waals surface area (Å²) in [5.74, 6) is 0.522. The third-order valence-corrected chi connectivity index (χ3v) is 3.98. The van der Waals surface area contributed by atoms with Gasteiger partial charge in [-0.1, -0.05) is 24.6 Å². The van der Waals surface area contributed by atoms with Crippen molar-refractivity contribution in [3.8, 4) is 0 Å². The Morgan fingerprint density at radius 1 is 1.17 bits per heavy atom. The Morgan fingerprint density at radius 3 is 2.56 bits per heavy atom. The molecule has 0 amide bonds. The smallest absolute Gasteiger partial charge is 0.305 e. The second-order valence-electron chi connectivity index (χ2n) is 3.98. The molecule has 0 aromatic heterocycles. The summed E-state index contributed by atoms with van der Waals surface area (Å²) in [6, 6.07) is 9.48. The lowest BCUT2D eigenvalue weighted by atomic mass is 10.2. The predicted octanol–water partition coefficient (Wildman–Crippen LogP) is 2.92. The molecule has 3 nitrogen and oxygen atoms in total. The van der Waals surface area contributed by atoms with E-state index in [4.69, 9.17) is 4.74 Å². The van der Waals surface area contributed by atoms with E-state index in [2.05, 4.69) is 0 Å². The first-order valence-corrected chi connectivity index (χ1v) is 7.65. The van der Waals surface area contributed by atoms with Crippen LogP contribution in [0.2, 0.25) is 0 Å². The van der Waals surface area contributed by atoms with Crippen LogP contribution < -0.4 is 0 Å². The van der Waals surface area contributed by atoms with Gasteiger partial charge in [0.2, 0.25) is 0 Å². The summed E-state index contributed by atoms with van der Waals surface area (Å²) >= 11 is 0. The number of hydrogen-bond acceptors (Lipinski definition) is 3. The molecule has 0 N–H and O–H groups in total. The van der Waals surface area contributed by atoms with Gasteiger partial charge in [-0.15, -0.1) is 0 Å². The molecule has 0 aliphatic rings. The Morgan fingerprint density at radius 2 is 1.89 bits per heavy atom. The molecule has 100 valence electrons. The van der Waals surface area contributed by atoms with E-state index in [1.54, 1.807) is 6.92 Å². The van der Waals surface area contributed by atoms with E-state index in [0.717, 1.165) is 24.2 Å². The van der Waals surface area contributed by atoms with Gasteiger partial charge in [0.25, 0.3) is 0 Å². The zero-order valence-electron chi connectivity index (χ0n) is 10.8. The van der Waals surface area contributed by atoms with Crippen LogP contribution in [0.4, 0.5) is 0 Å². The second-order valence-corrected chi connectivity index (χ2v) is 5.55. The fourth-order valence-electron chi connectivity index (χ4n) is 1.60. The molecule has 0 fully saturated rings. The summed E-state index contributed by atoms with van der Waals surface area (Å²) < 4.78 is 16.7. The largest absolute Gasteiger partial charge is 0.466 e. The summed E-state index contributed by atoms with van der Waals surface area (Å²) in [7, 11) is -0.917. The number of ether oxygens (including phenoxy) is 1. The fourth-order valence-corrected chi connectivity index (χ4v) is 2.77. The van der Waals surface area contributed by atoms with E-state index in [0.29, 0.717) is 18.8 Å². The highest BCUT2D eigenvalue weighted by Gasteiger charge is 2.04. The van der Waals surface area contributed by atoms with E-state index < -0.39 is 10.8 Å².